The molecule has 0 saturated heterocycles. The predicted octanol–water partition coefficient (Wildman–Crippen LogP) is 5.63. The largest absolute Gasteiger partial charge is 0.489 e. The summed E-state index contributed by atoms with van der Waals surface area (Å²) in [6.45, 7) is 4.74. The van der Waals surface area contributed by atoms with E-state index in [9.17, 15) is 9.18 Å². The summed E-state index contributed by atoms with van der Waals surface area (Å²) in [6.07, 6.45) is 1.48. The molecule has 0 aliphatic heterocycles. The van der Waals surface area contributed by atoms with Crippen LogP contribution in [0.4, 0.5) is 10.3 Å². The van der Waals surface area contributed by atoms with Crippen LogP contribution in [0, 0.1) is 19.7 Å². The summed E-state index contributed by atoms with van der Waals surface area (Å²) >= 11 is 7.38. The maximum Gasteiger partial charge on any atom is 0.268 e. The summed E-state index contributed by atoms with van der Waals surface area (Å²) < 4.78 is 20.6. The van der Waals surface area contributed by atoms with Crippen LogP contribution in [0.3, 0.4) is 0 Å². The van der Waals surface area contributed by atoms with Crippen LogP contribution in [0.1, 0.15) is 31.9 Å². The van der Waals surface area contributed by atoms with Gasteiger partial charge in [-0.05, 0) is 60.2 Å². The van der Waals surface area contributed by atoms with Crippen molar-refractivity contribution >= 4 is 34.8 Å². The number of anilines is 1. The number of thiophene rings is 1. The number of amides is 1. The van der Waals surface area contributed by atoms with Gasteiger partial charge in [0, 0.05) is 10.6 Å². The van der Waals surface area contributed by atoms with Gasteiger partial charge in [0.05, 0.1) is 11.4 Å². The topological polar surface area (TPSA) is 69.0 Å². The number of ether oxygens (including phenoxy) is 1. The molecule has 2 aromatic heterocycles. The number of carbonyl (C=O) groups is 1. The molecule has 0 spiro atoms. The van der Waals surface area contributed by atoms with E-state index < -0.39 is 5.82 Å². The molecule has 2 heterocycles. The number of carbonyl (C=O) groups excluding carboxylic acids is 1. The molecule has 0 fully saturated rings. The van der Waals surface area contributed by atoms with E-state index in [2.05, 4.69) is 15.4 Å². The number of benzene rings is 2. The van der Waals surface area contributed by atoms with E-state index >= 15 is 0 Å². The number of aromatic nitrogens is 3. The van der Waals surface area contributed by atoms with Gasteiger partial charge in [0.15, 0.2) is 0 Å². The van der Waals surface area contributed by atoms with E-state index in [-0.39, 0.29) is 11.9 Å². The zero-order valence-corrected chi connectivity index (χ0v) is 19.0. The lowest BCUT2D eigenvalue weighted by Gasteiger charge is -2.09. The van der Waals surface area contributed by atoms with Crippen LogP contribution in [-0.2, 0) is 13.2 Å². The molecule has 0 aliphatic rings. The van der Waals surface area contributed by atoms with E-state index in [0.717, 1.165) is 16.9 Å². The fourth-order valence-corrected chi connectivity index (χ4v) is 4.05. The summed E-state index contributed by atoms with van der Waals surface area (Å²) in [5.41, 5.74) is 3.87. The SMILES string of the molecule is Cc1cccc(OCc2csc(C(=O)Nc3ncn(Cc4ccc(F)cc4Cl)n3)c2)c1C. The predicted molar refractivity (Wildman–Crippen MR) is 123 cm³/mol. The summed E-state index contributed by atoms with van der Waals surface area (Å²) in [7, 11) is 0. The monoisotopic (exact) mass is 470 g/mol. The first-order valence-electron chi connectivity index (χ1n) is 9.80. The molecule has 0 unspecified atom stereocenters. The van der Waals surface area contributed by atoms with E-state index in [4.69, 9.17) is 16.3 Å². The Kier molecular flexibility index (Phi) is 6.53. The molecule has 4 aromatic rings. The van der Waals surface area contributed by atoms with Gasteiger partial charge in [-0.15, -0.1) is 16.4 Å². The third-order valence-corrected chi connectivity index (χ3v) is 6.27. The third-order valence-electron chi connectivity index (χ3n) is 4.94. The Bertz CT molecular complexity index is 1270. The van der Waals surface area contributed by atoms with Crippen LogP contribution in [0.25, 0.3) is 0 Å². The molecule has 9 heteroatoms. The number of rotatable bonds is 7. The van der Waals surface area contributed by atoms with Crippen molar-refractivity contribution in [2.45, 2.75) is 27.0 Å². The van der Waals surface area contributed by atoms with Crippen LogP contribution in [0.15, 0.2) is 54.2 Å². The highest BCUT2D eigenvalue weighted by Crippen LogP contribution is 2.23. The number of hydrogen-bond acceptors (Lipinski definition) is 5. The normalized spacial score (nSPS) is 10.9. The first-order valence-corrected chi connectivity index (χ1v) is 11.1. The zero-order chi connectivity index (χ0) is 22.7. The van der Waals surface area contributed by atoms with Gasteiger partial charge in [-0.1, -0.05) is 29.8 Å². The Morgan fingerprint density at radius 3 is 2.91 bits per heavy atom. The second kappa shape index (κ2) is 9.50. The zero-order valence-electron chi connectivity index (χ0n) is 17.4. The number of nitrogens with one attached hydrogen (secondary N) is 1. The summed E-state index contributed by atoms with van der Waals surface area (Å²) in [6, 6.07) is 11.9. The molecule has 4 rings (SSSR count). The number of aryl methyl sites for hydroxylation is 1. The highest BCUT2D eigenvalue weighted by atomic mass is 35.5. The molecule has 0 saturated carbocycles. The van der Waals surface area contributed by atoms with Crippen LogP contribution >= 0.6 is 22.9 Å². The molecule has 164 valence electrons. The lowest BCUT2D eigenvalue weighted by Crippen LogP contribution is -2.12. The lowest BCUT2D eigenvalue weighted by molar-refractivity contribution is 0.102. The highest BCUT2D eigenvalue weighted by molar-refractivity contribution is 7.12. The van der Waals surface area contributed by atoms with E-state index in [1.807, 2.05) is 37.4 Å². The van der Waals surface area contributed by atoms with Gasteiger partial charge in [0.2, 0.25) is 5.95 Å². The summed E-state index contributed by atoms with van der Waals surface area (Å²) in [4.78, 5) is 17.2. The second-order valence-electron chi connectivity index (χ2n) is 7.26. The number of halogens is 2. The van der Waals surface area contributed by atoms with Gasteiger partial charge < -0.3 is 4.74 Å². The average molecular weight is 471 g/mol. The van der Waals surface area contributed by atoms with Crippen molar-refractivity contribution in [1.29, 1.82) is 0 Å². The standard InChI is InChI=1S/C23H20ClFN4O2S/c1-14-4-3-5-20(15(14)2)31-11-16-8-21(32-12-16)22(30)27-23-26-13-29(28-23)10-17-6-7-18(25)9-19(17)24/h3-9,12-13H,10-11H2,1-2H3,(H,27,28,30). The van der Waals surface area contributed by atoms with E-state index in [1.165, 1.54) is 40.0 Å². The fourth-order valence-electron chi connectivity index (χ4n) is 3.03. The van der Waals surface area contributed by atoms with Crippen LogP contribution < -0.4 is 10.1 Å². The molecule has 0 aliphatic carbocycles. The van der Waals surface area contributed by atoms with Gasteiger partial charge in [-0.25, -0.2) is 14.1 Å². The summed E-state index contributed by atoms with van der Waals surface area (Å²) in [5, 5.41) is 9.12. The smallest absolute Gasteiger partial charge is 0.268 e. The molecule has 2 aromatic carbocycles. The third kappa shape index (κ3) is 5.15. The van der Waals surface area contributed by atoms with Crippen molar-refractivity contribution in [2.75, 3.05) is 5.32 Å². The lowest BCUT2D eigenvalue weighted by atomic mass is 10.1. The highest BCUT2D eigenvalue weighted by Gasteiger charge is 2.13. The van der Waals surface area contributed by atoms with Gasteiger partial charge in [-0.2, -0.15) is 0 Å². The van der Waals surface area contributed by atoms with Crippen molar-refractivity contribution in [3.8, 4) is 5.75 Å². The minimum absolute atomic E-state index is 0.176. The van der Waals surface area contributed by atoms with Crippen molar-refractivity contribution in [2.24, 2.45) is 0 Å². The van der Waals surface area contributed by atoms with E-state index in [0.29, 0.717) is 28.6 Å². The first kappa shape index (κ1) is 22.0. The Balaban J connectivity index is 1.35. The maximum atomic E-state index is 13.2. The van der Waals surface area contributed by atoms with Gasteiger partial charge in [0.25, 0.3) is 5.91 Å². The fraction of sp³-hybridized carbons (Fsp3) is 0.174. The molecule has 0 bridgehead atoms. The van der Waals surface area contributed by atoms with Crippen molar-refractivity contribution in [3.63, 3.8) is 0 Å². The molecule has 0 atom stereocenters. The van der Waals surface area contributed by atoms with Crippen molar-refractivity contribution in [3.05, 3.63) is 92.1 Å². The molecule has 1 amide bonds. The first-order chi connectivity index (χ1) is 15.4. The minimum atomic E-state index is -0.403. The molecule has 6 nitrogen and oxygen atoms in total. The second-order valence-corrected chi connectivity index (χ2v) is 8.58. The van der Waals surface area contributed by atoms with E-state index in [1.54, 1.807) is 12.1 Å². The van der Waals surface area contributed by atoms with Crippen molar-refractivity contribution < 1.29 is 13.9 Å². The van der Waals surface area contributed by atoms with Crippen LogP contribution in [-0.4, -0.2) is 20.7 Å². The average Bonchev–Trinajstić information content (AvgIpc) is 3.41. The molecule has 0 radical (unpaired) electrons. The van der Waals surface area contributed by atoms with Gasteiger partial charge in [0.1, 0.15) is 24.5 Å². The molecule has 1 N–H and O–H groups in total. The Morgan fingerprint density at radius 2 is 2.09 bits per heavy atom. The minimum Gasteiger partial charge on any atom is -0.489 e. The van der Waals surface area contributed by atoms with Gasteiger partial charge >= 0.3 is 0 Å². The Hall–Kier alpha value is -3.23. The van der Waals surface area contributed by atoms with Crippen molar-refractivity contribution in [1.82, 2.24) is 14.8 Å². The quantitative estimate of drug-likeness (QED) is 0.380. The Morgan fingerprint density at radius 1 is 1.25 bits per heavy atom. The molecular formula is C23H20ClFN4O2S. The summed E-state index contributed by atoms with van der Waals surface area (Å²) in [5.74, 6) is 0.304. The van der Waals surface area contributed by atoms with Gasteiger partial charge in [-0.3, -0.25) is 10.1 Å². The molecular weight excluding hydrogens is 451 g/mol. The number of nitrogens with zero attached hydrogens (tertiary/aromatic N) is 3. The van der Waals surface area contributed by atoms with Crippen LogP contribution in [0.5, 0.6) is 5.75 Å². The molecule has 32 heavy (non-hydrogen) atoms. The van der Waals surface area contributed by atoms with Crippen LogP contribution in [0.2, 0.25) is 5.02 Å². The maximum absolute atomic E-state index is 13.2. The Labute approximate surface area is 193 Å². The number of hydrogen-bond donors (Lipinski definition) is 1.